The molecule has 1 heterocycles. The third-order valence-electron chi connectivity index (χ3n) is 7.35. The largest absolute Gasteiger partial charge is 0.448 e. The van der Waals surface area contributed by atoms with Crippen LogP contribution < -0.4 is 9.86 Å². The zero-order valence-corrected chi connectivity index (χ0v) is 28.3. The highest BCUT2D eigenvalue weighted by molar-refractivity contribution is 7.90. The van der Waals surface area contributed by atoms with Crippen LogP contribution in [-0.2, 0) is 31.2 Å². The number of allylic oxidation sites excluding steroid dienone is 6. The van der Waals surface area contributed by atoms with Crippen molar-refractivity contribution in [1.82, 2.24) is 14.5 Å². The van der Waals surface area contributed by atoms with Gasteiger partial charge in [0, 0.05) is 23.6 Å². The molecule has 5 rings (SSSR count). The first kappa shape index (κ1) is 35.1. The van der Waals surface area contributed by atoms with Crippen molar-refractivity contribution in [2.24, 2.45) is 5.14 Å². The topological polar surface area (TPSA) is 150 Å². The quantitative estimate of drug-likeness (QED) is 0.238. The van der Waals surface area contributed by atoms with Crippen molar-refractivity contribution < 1.29 is 26.4 Å². The van der Waals surface area contributed by atoms with Crippen LogP contribution in [0.2, 0.25) is 0 Å². The van der Waals surface area contributed by atoms with Crippen molar-refractivity contribution >= 4 is 26.1 Å². The van der Waals surface area contributed by atoms with Crippen molar-refractivity contribution in [1.29, 1.82) is 0 Å². The van der Waals surface area contributed by atoms with Gasteiger partial charge in [-0.2, -0.15) is 5.10 Å². The fourth-order valence-electron chi connectivity index (χ4n) is 4.85. The van der Waals surface area contributed by atoms with Crippen molar-refractivity contribution in [2.75, 3.05) is 6.61 Å². The van der Waals surface area contributed by atoms with Gasteiger partial charge in [-0.1, -0.05) is 84.0 Å². The molecule has 0 fully saturated rings. The van der Waals surface area contributed by atoms with Gasteiger partial charge in [0.1, 0.15) is 0 Å². The van der Waals surface area contributed by atoms with Crippen LogP contribution >= 0.6 is 0 Å². The lowest BCUT2D eigenvalue weighted by molar-refractivity contribution is 0.154. The normalized spacial score (nSPS) is 13.0. The number of carbonyl (C=O) groups excluding carboxylic acids is 1. The van der Waals surface area contributed by atoms with Gasteiger partial charge in [0.25, 0.3) is 10.0 Å². The number of rotatable bonds is 8. The number of sulfonamides is 2. The van der Waals surface area contributed by atoms with Gasteiger partial charge in [-0.3, -0.25) is 0 Å². The highest BCUT2D eigenvalue weighted by Gasteiger charge is 2.19. The van der Waals surface area contributed by atoms with Gasteiger partial charge in [0.15, 0.2) is 0 Å². The molecule has 0 saturated heterocycles. The van der Waals surface area contributed by atoms with Crippen LogP contribution in [0, 0.1) is 27.7 Å². The van der Waals surface area contributed by atoms with Gasteiger partial charge in [0.05, 0.1) is 27.8 Å². The summed E-state index contributed by atoms with van der Waals surface area (Å²) in [6.07, 6.45) is 11.9. The molecule has 1 aliphatic rings. The van der Waals surface area contributed by atoms with Crippen molar-refractivity contribution in [3.05, 3.63) is 143 Å². The lowest BCUT2D eigenvalue weighted by atomic mass is 9.96. The first-order valence-corrected chi connectivity index (χ1v) is 17.8. The second-order valence-corrected chi connectivity index (χ2v) is 14.2. The minimum absolute atomic E-state index is 0.00991. The van der Waals surface area contributed by atoms with Crippen molar-refractivity contribution in [3.63, 3.8) is 0 Å². The Labute approximate surface area is 276 Å². The molecule has 246 valence electrons. The summed E-state index contributed by atoms with van der Waals surface area (Å²) < 4.78 is 55.0. The van der Waals surface area contributed by atoms with E-state index in [1.165, 1.54) is 29.8 Å². The number of nitrogens with zero attached hydrogens (tertiary/aromatic N) is 2. The molecule has 0 spiro atoms. The molecule has 4 aromatic rings. The SMILES string of the molecule is Cc1ccc(S(=O)(=O)NC(=O)OCCc2ccc(-n3nc(C)c(C4C=CC=CC=C4)c3C)cc2)cc1.Cc1ccc(S(N)(=O)=O)cc1. The highest BCUT2D eigenvalue weighted by atomic mass is 32.2. The lowest BCUT2D eigenvalue weighted by Gasteiger charge is -2.10. The van der Waals surface area contributed by atoms with Gasteiger partial charge < -0.3 is 4.74 Å². The summed E-state index contributed by atoms with van der Waals surface area (Å²) in [6.45, 7) is 7.87. The van der Waals surface area contributed by atoms with E-state index < -0.39 is 26.1 Å². The molecule has 0 saturated carbocycles. The number of aryl methyl sites for hydroxylation is 3. The number of hydrogen-bond acceptors (Lipinski definition) is 7. The van der Waals surface area contributed by atoms with Crippen LogP contribution in [0.25, 0.3) is 5.69 Å². The Morgan fingerprint density at radius 3 is 1.85 bits per heavy atom. The minimum atomic E-state index is -3.97. The van der Waals surface area contributed by atoms with E-state index in [-0.39, 0.29) is 22.3 Å². The van der Waals surface area contributed by atoms with Crippen LogP contribution in [0.3, 0.4) is 0 Å². The predicted molar refractivity (Wildman–Crippen MR) is 182 cm³/mol. The molecule has 0 unspecified atom stereocenters. The third kappa shape index (κ3) is 9.61. The van der Waals surface area contributed by atoms with E-state index >= 15 is 0 Å². The highest BCUT2D eigenvalue weighted by Crippen LogP contribution is 2.29. The van der Waals surface area contributed by atoms with E-state index in [9.17, 15) is 21.6 Å². The predicted octanol–water partition coefficient (Wildman–Crippen LogP) is 5.86. The number of amides is 1. The average molecular weight is 675 g/mol. The van der Waals surface area contributed by atoms with Gasteiger partial charge in [0.2, 0.25) is 10.0 Å². The second kappa shape index (κ2) is 15.2. The molecule has 1 aliphatic carbocycles. The first-order chi connectivity index (χ1) is 22.2. The Morgan fingerprint density at radius 1 is 0.787 bits per heavy atom. The Hall–Kier alpha value is -4.78. The Kier molecular flexibility index (Phi) is 11.3. The number of ether oxygens (including phenoxy) is 1. The number of nitrogens with one attached hydrogen (secondary N) is 1. The minimum Gasteiger partial charge on any atom is -0.448 e. The van der Waals surface area contributed by atoms with E-state index in [0.29, 0.717) is 6.42 Å². The average Bonchev–Trinajstić information content (AvgIpc) is 3.15. The number of carbonyl (C=O) groups is 1. The molecular formula is C35H38N4O6S2. The van der Waals surface area contributed by atoms with Crippen molar-refractivity contribution in [3.8, 4) is 5.69 Å². The van der Waals surface area contributed by atoms with Crippen molar-refractivity contribution in [2.45, 2.75) is 49.8 Å². The van der Waals surface area contributed by atoms with Crippen LogP contribution in [0.4, 0.5) is 4.79 Å². The van der Waals surface area contributed by atoms with Crippen LogP contribution in [0.1, 0.15) is 39.6 Å². The van der Waals surface area contributed by atoms with Gasteiger partial charge in [-0.15, -0.1) is 0 Å². The number of hydrogen-bond donors (Lipinski definition) is 2. The zero-order valence-electron chi connectivity index (χ0n) is 26.6. The fourth-order valence-corrected chi connectivity index (χ4v) is 6.26. The second-order valence-electron chi connectivity index (χ2n) is 11.0. The monoisotopic (exact) mass is 674 g/mol. The summed E-state index contributed by atoms with van der Waals surface area (Å²) in [5.41, 5.74) is 7.08. The molecule has 0 atom stereocenters. The number of aromatic nitrogens is 2. The standard InChI is InChI=1S/C28H29N3O4S.C7H9NO2S/c1-20-10-16-26(17-11-20)36(33,34)30-28(32)35-19-18-23-12-14-25(15-13-23)31-22(3)27(21(2)29-31)24-8-6-4-5-7-9-24;1-6-2-4-7(5-3-6)11(8,9)10/h4-17,24H,18-19H2,1-3H3,(H,30,32);2-5H,1H3,(H2,8,9,10). The van der Waals surface area contributed by atoms with E-state index in [2.05, 4.69) is 31.2 Å². The Bertz CT molecular complexity index is 1990. The molecule has 1 amide bonds. The van der Waals surface area contributed by atoms with Gasteiger partial charge >= 0.3 is 6.09 Å². The Balaban J connectivity index is 0.000000385. The van der Waals surface area contributed by atoms with Gasteiger partial charge in [-0.05, 0) is 69.7 Å². The molecule has 12 heteroatoms. The zero-order chi connectivity index (χ0) is 34.2. The summed E-state index contributed by atoms with van der Waals surface area (Å²) in [7, 11) is -7.49. The maximum absolute atomic E-state index is 12.3. The summed E-state index contributed by atoms with van der Waals surface area (Å²) in [4.78, 5) is 12.2. The maximum atomic E-state index is 12.3. The van der Waals surface area contributed by atoms with Crippen LogP contribution in [0.5, 0.6) is 0 Å². The van der Waals surface area contributed by atoms with Gasteiger partial charge in [-0.25, -0.2) is 36.2 Å². The molecule has 0 radical (unpaired) electrons. The summed E-state index contributed by atoms with van der Waals surface area (Å²) in [6, 6.07) is 20.5. The van der Waals surface area contributed by atoms with E-state index in [1.807, 2.05) is 66.6 Å². The number of benzene rings is 3. The van der Waals surface area contributed by atoms with Crippen LogP contribution in [0.15, 0.2) is 119 Å². The maximum Gasteiger partial charge on any atom is 0.421 e. The molecular weight excluding hydrogens is 637 g/mol. The first-order valence-electron chi connectivity index (χ1n) is 14.8. The molecule has 3 N–H and O–H groups in total. The molecule has 3 aromatic carbocycles. The smallest absolute Gasteiger partial charge is 0.421 e. The van der Waals surface area contributed by atoms with E-state index in [4.69, 9.17) is 15.0 Å². The number of nitrogens with two attached hydrogens (primary N) is 1. The Morgan fingerprint density at radius 2 is 1.32 bits per heavy atom. The summed E-state index contributed by atoms with van der Waals surface area (Å²) in [5.74, 6) is 0.172. The molecule has 0 aliphatic heterocycles. The molecule has 1 aromatic heterocycles. The molecule has 10 nitrogen and oxygen atoms in total. The van der Waals surface area contributed by atoms with E-state index in [1.54, 1.807) is 24.3 Å². The van der Waals surface area contributed by atoms with Crippen LogP contribution in [-0.4, -0.2) is 39.3 Å². The van der Waals surface area contributed by atoms with E-state index in [0.717, 1.165) is 33.8 Å². The summed E-state index contributed by atoms with van der Waals surface area (Å²) in [5, 5.41) is 9.64. The fraction of sp³-hybridized carbons (Fsp3) is 0.200. The summed E-state index contributed by atoms with van der Waals surface area (Å²) >= 11 is 0. The lowest BCUT2D eigenvalue weighted by Crippen LogP contribution is -2.31. The molecule has 0 bridgehead atoms. The molecule has 47 heavy (non-hydrogen) atoms. The third-order valence-corrected chi connectivity index (χ3v) is 9.61. The number of primary sulfonamides is 1.